The van der Waals surface area contributed by atoms with Crippen molar-refractivity contribution in [2.45, 2.75) is 26.7 Å². The van der Waals surface area contributed by atoms with Crippen molar-refractivity contribution in [3.05, 3.63) is 71.0 Å². The van der Waals surface area contributed by atoms with E-state index >= 15 is 0 Å². The van der Waals surface area contributed by atoms with Crippen LogP contribution in [0, 0.1) is 5.82 Å². The summed E-state index contributed by atoms with van der Waals surface area (Å²) in [5.74, 6) is -0.196. The average Bonchev–Trinajstić information content (AvgIpc) is 2.42. The molecule has 0 aromatic heterocycles. The van der Waals surface area contributed by atoms with Crippen LogP contribution in [0.2, 0.25) is 0 Å². The van der Waals surface area contributed by atoms with Crippen LogP contribution in [0.5, 0.6) is 0 Å². The summed E-state index contributed by atoms with van der Waals surface area (Å²) in [5, 5.41) is 0. The van der Waals surface area contributed by atoms with Gasteiger partial charge in [0.05, 0.1) is 0 Å². The molecule has 0 saturated heterocycles. The molecule has 0 aliphatic carbocycles. The summed E-state index contributed by atoms with van der Waals surface area (Å²) in [4.78, 5) is 0. The molecular weight excluding hydrogens is 235 g/mol. The second kappa shape index (κ2) is 6.33. The third kappa shape index (κ3) is 3.78. The first-order chi connectivity index (χ1) is 9.19. The third-order valence-corrected chi connectivity index (χ3v) is 3.20. The standard InChI is InChI=1S/C18H19F/c1-3-4-15-5-9-17(10-6-15)14(2)13-16-7-11-18(19)12-8-16/h5-13H,3-4H2,1-2H3. The van der Waals surface area contributed by atoms with Crippen LogP contribution < -0.4 is 0 Å². The molecule has 1 heteroatoms. The van der Waals surface area contributed by atoms with Gasteiger partial charge in [-0.05, 0) is 47.7 Å². The van der Waals surface area contributed by atoms with Crippen molar-refractivity contribution in [1.82, 2.24) is 0 Å². The maximum Gasteiger partial charge on any atom is 0.123 e. The van der Waals surface area contributed by atoms with Crippen LogP contribution in [0.25, 0.3) is 11.6 Å². The van der Waals surface area contributed by atoms with Gasteiger partial charge in [-0.15, -0.1) is 0 Å². The molecule has 2 rings (SSSR count). The molecule has 0 spiro atoms. The zero-order valence-corrected chi connectivity index (χ0v) is 11.5. The Morgan fingerprint density at radius 2 is 1.63 bits per heavy atom. The van der Waals surface area contributed by atoms with Crippen molar-refractivity contribution < 1.29 is 4.39 Å². The molecule has 0 radical (unpaired) electrons. The lowest BCUT2D eigenvalue weighted by Crippen LogP contribution is -1.85. The molecular formula is C18H19F. The van der Waals surface area contributed by atoms with Gasteiger partial charge in [0.25, 0.3) is 0 Å². The van der Waals surface area contributed by atoms with E-state index in [9.17, 15) is 4.39 Å². The number of rotatable bonds is 4. The first-order valence-corrected chi connectivity index (χ1v) is 6.72. The molecule has 2 aromatic rings. The van der Waals surface area contributed by atoms with Gasteiger partial charge < -0.3 is 0 Å². The molecule has 0 atom stereocenters. The summed E-state index contributed by atoms with van der Waals surface area (Å²) in [6, 6.07) is 15.2. The third-order valence-electron chi connectivity index (χ3n) is 3.20. The van der Waals surface area contributed by atoms with E-state index < -0.39 is 0 Å². The van der Waals surface area contributed by atoms with Crippen molar-refractivity contribution >= 4 is 11.6 Å². The van der Waals surface area contributed by atoms with Crippen LogP contribution in [-0.2, 0) is 6.42 Å². The monoisotopic (exact) mass is 254 g/mol. The highest BCUT2D eigenvalue weighted by molar-refractivity contribution is 5.80. The summed E-state index contributed by atoms with van der Waals surface area (Å²) in [7, 11) is 0. The molecule has 98 valence electrons. The largest absolute Gasteiger partial charge is 0.207 e. The van der Waals surface area contributed by atoms with Crippen LogP contribution in [0.15, 0.2) is 48.5 Å². The Hall–Kier alpha value is -1.89. The SMILES string of the molecule is CCCc1ccc(C(C)=Cc2ccc(F)cc2)cc1. The molecule has 0 aliphatic rings. The Balaban J connectivity index is 2.18. The summed E-state index contributed by atoms with van der Waals surface area (Å²) in [6.07, 6.45) is 4.37. The minimum atomic E-state index is -0.196. The Bertz CT molecular complexity index is 547. The molecule has 0 nitrogen and oxygen atoms in total. The van der Waals surface area contributed by atoms with Crippen LogP contribution in [-0.4, -0.2) is 0 Å². The van der Waals surface area contributed by atoms with Crippen molar-refractivity contribution in [3.8, 4) is 0 Å². The van der Waals surface area contributed by atoms with Crippen molar-refractivity contribution in [3.63, 3.8) is 0 Å². The molecule has 2 aromatic carbocycles. The molecule has 0 saturated carbocycles. The second-order valence-corrected chi connectivity index (χ2v) is 4.83. The normalized spacial score (nSPS) is 11.6. The second-order valence-electron chi connectivity index (χ2n) is 4.83. The predicted octanol–water partition coefficient (Wildman–Crippen LogP) is 5.34. The van der Waals surface area contributed by atoms with Gasteiger partial charge in [-0.1, -0.05) is 55.8 Å². The van der Waals surface area contributed by atoms with Crippen LogP contribution in [0.1, 0.15) is 37.0 Å². The van der Waals surface area contributed by atoms with E-state index in [0.717, 1.165) is 12.0 Å². The molecule has 0 unspecified atom stereocenters. The Kier molecular flexibility index (Phi) is 4.51. The van der Waals surface area contributed by atoms with Crippen LogP contribution >= 0.6 is 0 Å². The summed E-state index contributed by atoms with van der Waals surface area (Å²) in [5.41, 5.74) is 4.80. The van der Waals surface area contributed by atoms with E-state index in [1.807, 2.05) is 0 Å². The van der Waals surface area contributed by atoms with E-state index in [4.69, 9.17) is 0 Å². The van der Waals surface area contributed by atoms with Crippen molar-refractivity contribution in [1.29, 1.82) is 0 Å². The van der Waals surface area contributed by atoms with Crippen LogP contribution in [0.3, 0.4) is 0 Å². The van der Waals surface area contributed by atoms with Gasteiger partial charge in [-0.25, -0.2) is 4.39 Å². The van der Waals surface area contributed by atoms with Gasteiger partial charge in [0.2, 0.25) is 0 Å². The minimum Gasteiger partial charge on any atom is -0.207 e. The average molecular weight is 254 g/mol. The highest BCUT2D eigenvalue weighted by Gasteiger charge is 1.98. The van der Waals surface area contributed by atoms with Gasteiger partial charge in [0.15, 0.2) is 0 Å². The van der Waals surface area contributed by atoms with Gasteiger partial charge in [-0.3, -0.25) is 0 Å². The predicted molar refractivity (Wildman–Crippen MR) is 80.4 cm³/mol. The summed E-state index contributed by atoms with van der Waals surface area (Å²) >= 11 is 0. The zero-order valence-electron chi connectivity index (χ0n) is 11.5. The zero-order chi connectivity index (χ0) is 13.7. The molecule has 0 heterocycles. The maximum absolute atomic E-state index is 12.8. The lowest BCUT2D eigenvalue weighted by atomic mass is 10.0. The number of aryl methyl sites for hydroxylation is 1. The highest BCUT2D eigenvalue weighted by Crippen LogP contribution is 2.19. The smallest absolute Gasteiger partial charge is 0.123 e. The molecule has 0 aliphatic heterocycles. The fourth-order valence-corrected chi connectivity index (χ4v) is 2.12. The number of allylic oxidation sites excluding steroid dienone is 1. The number of benzene rings is 2. The number of hydrogen-bond donors (Lipinski definition) is 0. The minimum absolute atomic E-state index is 0.196. The molecule has 0 N–H and O–H groups in total. The van der Waals surface area contributed by atoms with Crippen LogP contribution in [0.4, 0.5) is 4.39 Å². The summed E-state index contributed by atoms with van der Waals surface area (Å²) < 4.78 is 12.8. The Labute approximate surface area is 114 Å². The Morgan fingerprint density at radius 1 is 1.00 bits per heavy atom. The highest BCUT2D eigenvalue weighted by atomic mass is 19.1. The van der Waals surface area contributed by atoms with E-state index in [-0.39, 0.29) is 5.82 Å². The molecule has 19 heavy (non-hydrogen) atoms. The van der Waals surface area contributed by atoms with E-state index in [1.165, 1.54) is 35.3 Å². The fraction of sp³-hybridized carbons (Fsp3) is 0.222. The molecule has 0 amide bonds. The van der Waals surface area contributed by atoms with Gasteiger partial charge in [0.1, 0.15) is 5.82 Å². The van der Waals surface area contributed by atoms with E-state index in [1.54, 1.807) is 12.1 Å². The summed E-state index contributed by atoms with van der Waals surface area (Å²) in [6.45, 7) is 4.27. The number of halogens is 1. The van der Waals surface area contributed by atoms with Gasteiger partial charge in [0, 0.05) is 0 Å². The van der Waals surface area contributed by atoms with Crippen molar-refractivity contribution in [2.75, 3.05) is 0 Å². The fourth-order valence-electron chi connectivity index (χ4n) is 2.12. The van der Waals surface area contributed by atoms with Gasteiger partial charge in [-0.2, -0.15) is 0 Å². The lowest BCUT2D eigenvalue weighted by molar-refractivity contribution is 0.628. The van der Waals surface area contributed by atoms with Gasteiger partial charge >= 0.3 is 0 Å². The molecule has 0 fully saturated rings. The first kappa shape index (κ1) is 13.5. The Morgan fingerprint density at radius 3 is 2.21 bits per heavy atom. The molecule has 0 bridgehead atoms. The lowest BCUT2D eigenvalue weighted by Gasteiger charge is -2.04. The quantitative estimate of drug-likeness (QED) is 0.646. The van der Waals surface area contributed by atoms with Crippen molar-refractivity contribution in [2.24, 2.45) is 0 Å². The first-order valence-electron chi connectivity index (χ1n) is 6.72. The number of hydrogen-bond acceptors (Lipinski definition) is 0. The van der Waals surface area contributed by atoms with E-state index in [0.29, 0.717) is 0 Å². The van der Waals surface area contributed by atoms with E-state index in [2.05, 4.69) is 44.2 Å². The topological polar surface area (TPSA) is 0 Å². The maximum atomic E-state index is 12.8.